The average Bonchev–Trinajstić information content (AvgIpc) is 2.58. The summed E-state index contributed by atoms with van der Waals surface area (Å²) in [5.41, 5.74) is 12.1. The first-order valence-corrected chi connectivity index (χ1v) is 8.11. The second-order valence-corrected chi connectivity index (χ2v) is 6.45. The molecular formula is C18H30N2O. The van der Waals surface area contributed by atoms with Crippen LogP contribution in [-0.2, 0) is 4.74 Å². The Morgan fingerprint density at radius 3 is 2.48 bits per heavy atom. The SMILES string of the molecule is COCCN1CCCCC(N)C1c1c(C)cc(C)cc1C. The van der Waals surface area contributed by atoms with Gasteiger partial charge in [0, 0.05) is 19.7 Å². The number of ether oxygens (including phenoxy) is 1. The lowest BCUT2D eigenvalue weighted by Gasteiger charge is -2.35. The second kappa shape index (κ2) is 7.39. The summed E-state index contributed by atoms with van der Waals surface area (Å²) in [6, 6.07) is 5.11. The van der Waals surface area contributed by atoms with Crippen LogP contribution in [0.25, 0.3) is 0 Å². The molecule has 1 aromatic rings. The molecule has 0 spiro atoms. The van der Waals surface area contributed by atoms with Gasteiger partial charge in [0.25, 0.3) is 0 Å². The number of methoxy groups -OCH3 is 1. The first-order valence-electron chi connectivity index (χ1n) is 8.11. The average molecular weight is 290 g/mol. The molecule has 1 aromatic carbocycles. The van der Waals surface area contributed by atoms with Gasteiger partial charge in [0.2, 0.25) is 0 Å². The van der Waals surface area contributed by atoms with Gasteiger partial charge in [0.1, 0.15) is 0 Å². The summed E-state index contributed by atoms with van der Waals surface area (Å²) in [6.45, 7) is 9.46. The van der Waals surface area contributed by atoms with Crippen molar-refractivity contribution in [3.8, 4) is 0 Å². The van der Waals surface area contributed by atoms with Crippen molar-refractivity contribution in [1.29, 1.82) is 0 Å². The molecule has 1 aliphatic heterocycles. The highest BCUT2D eigenvalue weighted by Crippen LogP contribution is 2.33. The van der Waals surface area contributed by atoms with E-state index in [9.17, 15) is 0 Å². The van der Waals surface area contributed by atoms with Gasteiger partial charge in [-0.15, -0.1) is 0 Å². The number of nitrogens with two attached hydrogens (primary N) is 1. The number of hydrogen-bond acceptors (Lipinski definition) is 3. The van der Waals surface area contributed by atoms with Crippen molar-refractivity contribution >= 4 is 0 Å². The van der Waals surface area contributed by atoms with Gasteiger partial charge in [0.05, 0.1) is 12.6 Å². The van der Waals surface area contributed by atoms with Crippen molar-refractivity contribution in [2.45, 2.75) is 52.1 Å². The van der Waals surface area contributed by atoms with Crippen LogP contribution in [-0.4, -0.2) is 37.7 Å². The third-order valence-corrected chi connectivity index (χ3v) is 4.65. The largest absolute Gasteiger partial charge is 0.383 e. The standard InChI is InChI=1S/C18H30N2O/c1-13-11-14(2)17(15(3)12-13)18-16(19)7-5-6-8-20(18)9-10-21-4/h11-12,16,18H,5-10,19H2,1-4H3. The number of likely N-dealkylation sites (tertiary alicyclic amines) is 1. The van der Waals surface area contributed by atoms with Crippen molar-refractivity contribution in [3.05, 3.63) is 34.4 Å². The van der Waals surface area contributed by atoms with E-state index >= 15 is 0 Å². The summed E-state index contributed by atoms with van der Waals surface area (Å²) in [5.74, 6) is 0. The highest BCUT2D eigenvalue weighted by atomic mass is 16.5. The number of rotatable bonds is 4. The van der Waals surface area contributed by atoms with Crippen LogP contribution in [0, 0.1) is 20.8 Å². The Bertz CT molecular complexity index is 449. The molecular weight excluding hydrogens is 260 g/mol. The fourth-order valence-corrected chi connectivity index (χ4v) is 3.78. The van der Waals surface area contributed by atoms with Crippen LogP contribution in [0.2, 0.25) is 0 Å². The van der Waals surface area contributed by atoms with Crippen molar-refractivity contribution in [1.82, 2.24) is 4.90 Å². The third kappa shape index (κ3) is 3.85. The fourth-order valence-electron chi connectivity index (χ4n) is 3.78. The molecule has 0 aromatic heterocycles. The monoisotopic (exact) mass is 290 g/mol. The minimum atomic E-state index is 0.212. The molecule has 1 aliphatic rings. The molecule has 2 unspecified atom stereocenters. The van der Waals surface area contributed by atoms with Crippen LogP contribution in [0.3, 0.4) is 0 Å². The topological polar surface area (TPSA) is 38.5 Å². The number of hydrogen-bond donors (Lipinski definition) is 1. The Kier molecular flexibility index (Phi) is 5.80. The highest BCUT2D eigenvalue weighted by molar-refractivity contribution is 5.40. The van der Waals surface area contributed by atoms with E-state index in [0.717, 1.165) is 26.1 Å². The summed E-state index contributed by atoms with van der Waals surface area (Å²) in [7, 11) is 1.77. The van der Waals surface area contributed by atoms with E-state index in [1.807, 2.05) is 0 Å². The molecule has 1 fully saturated rings. The number of nitrogens with zero attached hydrogens (tertiary/aromatic N) is 1. The normalized spacial score (nSPS) is 24.0. The fraction of sp³-hybridized carbons (Fsp3) is 0.667. The zero-order chi connectivity index (χ0) is 15.4. The Hall–Kier alpha value is -0.900. The minimum Gasteiger partial charge on any atom is -0.383 e. The number of benzene rings is 1. The first kappa shape index (κ1) is 16.5. The molecule has 0 saturated carbocycles. The van der Waals surface area contributed by atoms with E-state index in [2.05, 4.69) is 37.8 Å². The van der Waals surface area contributed by atoms with E-state index < -0.39 is 0 Å². The van der Waals surface area contributed by atoms with Crippen molar-refractivity contribution in [2.75, 3.05) is 26.8 Å². The molecule has 2 rings (SSSR count). The third-order valence-electron chi connectivity index (χ3n) is 4.65. The van der Waals surface area contributed by atoms with Gasteiger partial charge in [-0.3, -0.25) is 4.90 Å². The first-order chi connectivity index (χ1) is 10.0. The molecule has 2 atom stereocenters. The maximum Gasteiger partial charge on any atom is 0.0589 e. The lowest BCUT2D eigenvalue weighted by molar-refractivity contribution is 0.114. The Morgan fingerprint density at radius 1 is 1.19 bits per heavy atom. The van der Waals surface area contributed by atoms with E-state index in [-0.39, 0.29) is 6.04 Å². The number of aryl methyl sites for hydroxylation is 3. The quantitative estimate of drug-likeness (QED) is 0.926. The lowest BCUT2D eigenvalue weighted by atomic mass is 9.88. The van der Waals surface area contributed by atoms with Crippen molar-refractivity contribution in [2.24, 2.45) is 5.73 Å². The van der Waals surface area contributed by atoms with E-state index in [1.54, 1.807) is 7.11 Å². The van der Waals surface area contributed by atoms with Gasteiger partial charge in [-0.25, -0.2) is 0 Å². The van der Waals surface area contributed by atoms with Gasteiger partial charge in [-0.2, -0.15) is 0 Å². The second-order valence-electron chi connectivity index (χ2n) is 6.45. The minimum absolute atomic E-state index is 0.212. The van der Waals surface area contributed by atoms with Gasteiger partial charge >= 0.3 is 0 Å². The summed E-state index contributed by atoms with van der Waals surface area (Å²) in [6.07, 6.45) is 3.57. The molecule has 0 aliphatic carbocycles. The molecule has 0 bridgehead atoms. The van der Waals surface area contributed by atoms with Crippen LogP contribution in [0.5, 0.6) is 0 Å². The van der Waals surface area contributed by atoms with Crippen LogP contribution in [0.1, 0.15) is 47.6 Å². The van der Waals surface area contributed by atoms with E-state index in [0.29, 0.717) is 6.04 Å². The zero-order valence-electron chi connectivity index (χ0n) is 14.0. The summed E-state index contributed by atoms with van der Waals surface area (Å²) < 4.78 is 5.30. The van der Waals surface area contributed by atoms with E-state index in [4.69, 9.17) is 10.5 Å². The molecule has 0 radical (unpaired) electrons. The maximum atomic E-state index is 6.57. The Morgan fingerprint density at radius 2 is 1.86 bits per heavy atom. The van der Waals surface area contributed by atoms with E-state index in [1.165, 1.54) is 35.1 Å². The van der Waals surface area contributed by atoms with Crippen LogP contribution in [0.4, 0.5) is 0 Å². The van der Waals surface area contributed by atoms with Gasteiger partial charge < -0.3 is 10.5 Å². The van der Waals surface area contributed by atoms with Gasteiger partial charge in [-0.1, -0.05) is 24.1 Å². The lowest BCUT2D eigenvalue weighted by Crippen LogP contribution is -2.42. The highest BCUT2D eigenvalue weighted by Gasteiger charge is 2.30. The molecule has 2 N–H and O–H groups in total. The molecule has 118 valence electrons. The molecule has 1 heterocycles. The summed E-state index contributed by atoms with van der Waals surface area (Å²) in [5, 5.41) is 0. The molecule has 3 heteroatoms. The predicted molar refractivity (Wildman–Crippen MR) is 88.7 cm³/mol. The van der Waals surface area contributed by atoms with Gasteiger partial charge in [0.15, 0.2) is 0 Å². The molecule has 3 nitrogen and oxygen atoms in total. The van der Waals surface area contributed by atoms with Crippen LogP contribution in [0.15, 0.2) is 12.1 Å². The Labute approximate surface area is 129 Å². The van der Waals surface area contributed by atoms with Gasteiger partial charge in [-0.05, 0) is 56.8 Å². The van der Waals surface area contributed by atoms with Crippen molar-refractivity contribution < 1.29 is 4.74 Å². The summed E-state index contributed by atoms with van der Waals surface area (Å²) >= 11 is 0. The predicted octanol–water partition coefficient (Wildman–Crippen LogP) is 3.11. The van der Waals surface area contributed by atoms with Crippen LogP contribution >= 0.6 is 0 Å². The zero-order valence-corrected chi connectivity index (χ0v) is 14.0. The smallest absolute Gasteiger partial charge is 0.0589 e. The summed E-state index contributed by atoms with van der Waals surface area (Å²) in [4.78, 5) is 2.53. The Balaban J connectivity index is 2.39. The molecule has 1 saturated heterocycles. The van der Waals surface area contributed by atoms with Crippen molar-refractivity contribution in [3.63, 3.8) is 0 Å². The maximum absolute atomic E-state index is 6.57. The van der Waals surface area contributed by atoms with Crippen LogP contribution < -0.4 is 5.73 Å². The molecule has 21 heavy (non-hydrogen) atoms. The molecule has 0 amide bonds.